The maximum absolute atomic E-state index is 5.77. The van der Waals surface area contributed by atoms with Gasteiger partial charge >= 0.3 is 0 Å². The molecular weight excluding hydrogens is 354 g/mol. The average molecular weight is 394 g/mol. The van der Waals surface area contributed by atoms with Crippen molar-refractivity contribution in [2.24, 2.45) is 34.5 Å². The van der Waals surface area contributed by atoms with Crippen LogP contribution in [0.1, 0.15) is 83.3 Å². The van der Waals surface area contributed by atoms with E-state index in [1.807, 2.05) is 13.3 Å². The van der Waals surface area contributed by atoms with Crippen LogP contribution < -0.4 is 0 Å². The van der Waals surface area contributed by atoms with Crippen molar-refractivity contribution >= 4 is 5.57 Å². The van der Waals surface area contributed by atoms with Crippen LogP contribution in [0.3, 0.4) is 0 Å². The van der Waals surface area contributed by atoms with Crippen LogP contribution >= 0.6 is 0 Å². The lowest BCUT2D eigenvalue weighted by Gasteiger charge is -2.61. The second-order valence-corrected chi connectivity index (χ2v) is 11.0. The van der Waals surface area contributed by atoms with Crippen LogP contribution in [-0.4, -0.2) is 18.2 Å². The largest absolute Gasteiger partial charge is 0.381 e. The Morgan fingerprint density at radius 1 is 1.07 bits per heavy atom. The first kappa shape index (κ1) is 19.8. The normalized spacial score (nSPS) is 43.9. The summed E-state index contributed by atoms with van der Waals surface area (Å²) in [6, 6.07) is 2.41. The third-order valence-corrected chi connectivity index (χ3v) is 10.0. The van der Waals surface area contributed by atoms with Crippen LogP contribution in [0, 0.1) is 34.5 Å². The van der Waals surface area contributed by atoms with Crippen LogP contribution in [0.25, 0.3) is 5.57 Å². The van der Waals surface area contributed by atoms with Crippen molar-refractivity contribution in [3.05, 3.63) is 35.7 Å². The summed E-state index contributed by atoms with van der Waals surface area (Å²) in [7, 11) is 1.92. The highest BCUT2D eigenvalue weighted by atomic mass is 16.5. The molecular formula is C27H39NO. The van der Waals surface area contributed by atoms with E-state index in [4.69, 9.17) is 4.74 Å². The molecule has 5 rings (SSSR count). The minimum absolute atomic E-state index is 0.349. The summed E-state index contributed by atoms with van der Waals surface area (Å²) >= 11 is 0. The number of methoxy groups -OCH3 is 1. The number of aromatic nitrogens is 1. The molecule has 0 radical (unpaired) electrons. The van der Waals surface area contributed by atoms with E-state index in [0.29, 0.717) is 16.9 Å². The van der Waals surface area contributed by atoms with Gasteiger partial charge in [0.1, 0.15) is 0 Å². The molecule has 0 N–H and O–H groups in total. The highest BCUT2D eigenvalue weighted by molar-refractivity contribution is 5.72. The maximum atomic E-state index is 5.77. The highest BCUT2D eigenvalue weighted by Crippen LogP contribution is 2.67. The molecule has 0 unspecified atom stereocenters. The van der Waals surface area contributed by atoms with Gasteiger partial charge in [0.05, 0.1) is 6.10 Å². The average Bonchev–Trinajstić information content (AvgIpc) is 3.10. The third-order valence-electron chi connectivity index (χ3n) is 10.0. The fourth-order valence-corrected chi connectivity index (χ4v) is 8.28. The summed E-state index contributed by atoms with van der Waals surface area (Å²) in [5, 5.41) is 0. The number of fused-ring (bicyclic) bond motifs is 5. The Labute approximate surface area is 177 Å². The monoisotopic (exact) mass is 393 g/mol. The molecule has 0 aliphatic heterocycles. The fraction of sp³-hybridized carbons (Fsp3) is 0.741. The SMILES string of the molecule is CCc1cncc(C2=CC[C@H]3[C@@H]4CC[C@H]5C[C@@H](OC)CC[C@]5(C)[C@H]4CC[C@]23C)c1. The Morgan fingerprint density at radius 3 is 2.72 bits per heavy atom. The molecule has 0 amide bonds. The first-order valence-corrected chi connectivity index (χ1v) is 12.2. The lowest BCUT2D eigenvalue weighted by molar-refractivity contribution is -0.120. The summed E-state index contributed by atoms with van der Waals surface area (Å²) in [5.41, 5.74) is 5.27. The van der Waals surface area contributed by atoms with E-state index in [-0.39, 0.29) is 0 Å². The van der Waals surface area contributed by atoms with E-state index in [0.717, 1.165) is 30.1 Å². The molecule has 3 fully saturated rings. The molecule has 4 aliphatic rings. The lowest BCUT2D eigenvalue weighted by Crippen LogP contribution is -2.53. The first-order chi connectivity index (χ1) is 14.0. The number of nitrogens with zero attached hydrogens (tertiary/aromatic N) is 1. The lowest BCUT2D eigenvalue weighted by atomic mass is 9.44. The molecule has 0 saturated heterocycles. The Morgan fingerprint density at radius 2 is 1.93 bits per heavy atom. The summed E-state index contributed by atoms with van der Waals surface area (Å²) in [4.78, 5) is 4.58. The van der Waals surface area contributed by atoms with E-state index < -0.39 is 0 Å². The van der Waals surface area contributed by atoms with Crippen molar-refractivity contribution in [1.82, 2.24) is 4.98 Å². The van der Waals surface area contributed by atoms with Crippen molar-refractivity contribution < 1.29 is 4.74 Å². The van der Waals surface area contributed by atoms with E-state index in [1.165, 1.54) is 62.5 Å². The number of aryl methyl sites for hydroxylation is 1. The number of ether oxygens (including phenoxy) is 1. The number of rotatable bonds is 3. The third kappa shape index (κ3) is 2.96. The van der Waals surface area contributed by atoms with Gasteiger partial charge in [-0.05, 0) is 115 Å². The zero-order valence-electron chi connectivity index (χ0n) is 18.9. The van der Waals surface area contributed by atoms with Gasteiger partial charge in [0.15, 0.2) is 0 Å². The molecule has 0 spiro atoms. The molecule has 1 aromatic heterocycles. The van der Waals surface area contributed by atoms with E-state index >= 15 is 0 Å². The molecule has 2 nitrogen and oxygen atoms in total. The minimum atomic E-state index is 0.349. The number of hydrogen-bond donors (Lipinski definition) is 0. The van der Waals surface area contributed by atoms with Crippen LogP contribution in [0.5, 0.6) is 0 Å². The van der Waals surface area contributed by atoms with Gasteiger partial charge in [-0.25, -0.2) is 0 Å². The number of pyridine rings is 1. The molecule has 29 heavy (non-hydrogen) atoms. The van der Waals surface area contributed by atoms with Gasteiger partial charge < -0.3 is 4.74 Å². The number of hydrogen-bond acceptors (Lipinski definition) is 2. The van der Waals surface area contributed by atoms with E-state index in [9.17, 15) is 0 Å². The summed E-state index contributed by atoms with van der Waals surface area (Å²) in [6.07, 6.45) is 19.2. The number of allylic oxidation sites excluding steroid dienone is 2. The van der Waals surface area contributed by atoms with E-state index in [2.05, 4.69) is 44.1 Å². The second kappa shape index (κ2) is 7.22. The Balaban J connectivity index is 1.41. The molecule has 0 aromatic carbocycles. The van der Waals surface area contributed by atoms with Gasteiger partial charge in [-0.2, -0.15) is 0 Å². The van der Waals surface area contributed by atoms with Crippen molar-refractivity contribution in [2.45, 2.75) is 84.7 Å². The molecule has 1 aromatic rings. The zero-order chi connectivity index (χ0) is 20.2. The molecule has 3 saturated carbocycles. The van der Waals surface area contributed by atoms with Gasteiger partial charge in [0, 0.05) is 19.5 Å². The van der Waals surface area contributed by atoms with Crippen LogP contribution in [0.15, 0.2) is 24.5 Å². The van der Waals surface area contributed by atoms with Crippen LogP contribution in [0.2, 0.25) is 0 Å². The minimum Gasteiger partial charge on any atom is -0.381 e. The van der Waals surface area contributed by atoms with Gasteiger partial charge in [-0.3, -0.25) is 4.98 Å². The molecule has 4 aliphatic carbocycles. The molecule has 158 valence electrons. The molecule has 0 bridgehead atoms. The standard InChI is InChI=1S/C27H39NO/c1-5-18-14-19(17-28-16-18)23-8-9-24-22-7-6-20-15-21(29-4)10-12-26(20,2)25(22)11-13-27(23,24)3/h8,14,16-17,20-22,24-25H,5-7,9-13,15H2,1-4H3/t20-,21-,22-,24-,25-,26-,27+/m0/s1. The second-order valence-electron chi connectivity index (χ2n) is 11.0. The van der Waals surface area contributed by atoms with Crippen molar-refractivity contribution in [3.8, 4) is 0 Å². The highest BCUT2D eigenvalue weighted by Gasteiger charge is 2.58. The predicted octanol–water partition coefficient (Wildman–Crippen LogP) is 6.70. The Hall–Kier alpha value is -1.15. The van der Waals surface area contributed by atoms with Crippen LogP contribution in [-0.2, 0) is 11.2 Å². The summed E-state index contributed by atoms with van der Waals surface area (Å²) < 4.78 is 5.77. The predicted molar refractivity (Wildman–Crippen MR) is 119 cm³/mol. The summed E-state index contributed by atoms with van der Waals surface area (Å²) in [6.45, 7) is 7.47. The van der Waals surface area contributed by atoms with Crippen LogP contribution in [0.4, 0.5) is 0 Å². The van der Waals surface area contributed by atoms with E-state index in [1.54, 1.807) is 5.57 Å². The van der Waals surface area contributed by atoms with Gasteiger partial charge in [-0.15, -0.1) is 0 Å². The Kier molecular flexibility index (Phi) is 4.93. The van der Waals surface area contributed by atoms with Crippen molar-refractivity contribution in [1.29, 1.82) is 0 Å². The topological polar surface area (TPSA) is 22.1 Å². The fourth-order valence-electron chi connectivity index (χ4n) is 8.28. The zero-order valence-corrected chi connectivity index (χ0v) is 18.9. The van der Waals surface area contributed by atoms with Gasteiger partial charge in [0.25, 0.3) is 0 Å². The molecule has 1 heterocycles. The molecule has 7 atom stereocenters. The van der Waals surface area contributed by atoms with Gasteiger partial charge in [0.2, 0.25) is 0 Å². The smallest absolute Gasteiger partial charge is 0.0574 e. The molecule has 2 heteroatoms. The maximum Gasteiger partial charge on any atom is 0.0574 e. The quantitative estimate of drug-likeness (QED) is 0.570. The first-order valence-electron chi connectivity index (χ1n) is 12.2. The Bertz CT molecular complexity index is 799. The van der Waals surface area contributed by atoms with Crippen molar-refractivity contribution in [2.75, 3.05) is 7.11 Å². The van der Waals surface area contributed by atoms with Gasteiger partial charge in [-0.1, -0.05) is 26.8 Å². The van der Waals surface area contributed by atoms with Crippen molar-refractivity contribution in [3.63, 3.8) is 0 Å². The summed E-state index contributed by atoms with van der Waals surface area (Å²) in [5.74, 6) is 3.54.